The van der Waals surface area contributed by atoms with Crippen LogP contribution in [-0.2, 0) is 4.79 Å². The Hall–Kier alpha value is -1.32. The first-order valence-electron chi connectivity index (χ1n) is 4.88. The zero-order chi connectivity index (χ0) is 10.6. The van der Waals surface area contributed by atoms with Gasteiger partial charge in [-0.15, -0.1) is 0 Å². The molecule has 0 aromatic carbocycles. The zero-order valence-electron chi connectivity index (χ0n) is 8.87. The molecule has 1 amide bonds. The van der Waals surface area contributed by atoms with Gasteiger partial charge in [0.25, 0.3) is 0 Å². The normalized spacial score (nSPS) is 12.9. The minimum Gasteiger partial charge on any atom is -0.347 e. The lowest BCUT2D eigenvalue weighted by molar-refractivity contribution is -0.122. The summed E-state index contributed by atoms with van der Waals surface area (Å²) in [5, 5.41) is 2.88. The number of amides is 1. The Morgan fingerprint density at radius 3 is 2.79 bits per heavy atom. The van der Waals surface area contributed by atoms with Crippen molar-refractivity contribution in [3.05, 3.63) is 18.2 Å². The summed E-state index contributed by atoms with van der Waals surface area (Å²) in [5.41, 5.74) is 0. The van der Waals surface area contributed by atoms with Gasteiger partial charge in [0.1, 0.15) is 5.82 Å². The number of nitrogens with zero attached hydrogens (tertiary/aromatic N) is 1. The first-order valence-corrected chi connectivity index (χ1v) is 4.88. The average Bonchev–Trinajstić information content (AvgIpc) is 2.53. The molecule has 14 heavy (non-hydrogen) atoms. The number of nitrogens with one attached hydrogen (secondary N) is 2. The van der Waals surface area contributed by atoms with Crippen LogP contribution in [-0.4, -0.2) is 15.9 Å². The molecule has 78 valence electrons. The van der Waals surface area contributed by atoms with Gasteiger partial charge in [0, 0.05) is 18.8 Å². The fraction of sp³-hybridized carbons (Fsp3) is 0.600. The van der Waals surface area contributed by atoms with Gasteiger partial charge in [0.05, 0.1) is 6.04 Å². The van der Waals surface area contributed by atoms with Crippen molar-refractivity contribution >= 4 is 5.91 Å². The summed E-state index contributed by atoms with van der Waals surface area (Å²) in [6.07, 6.45) is 3.99. The third-order valence-corrected chi connectivity index (χ3v) is 1.90. The van der Waals surface area contributed by atoms with Crippen molar-refractivity contribution in [1.29, 1.82) is 0 Å². The topological polar surface area (TPSA) is 57.8 Å². The third kappa shape index (κ3) is 3.20. The molecule has 1 heterocycles. The number of H-pyrrole nitrogens is 1. The summed E-state index contributed by atoms with van der Waals surface area (Å²) in [6.45, 7) is 5.96. The summed E-state index contributed by atoms with van der Waals surface area (Å²) in [4.78, 5) is 18.5. The molecule has 0 bridgehead atoms. The second-order valence-corrected chi connectivity index (χ2v) is 3.86. The molecule has 1 rings (SSSR count). The Labute approximate surface area is 84.1 Å². The van der Waals surface area contributed by atoms with E-state index in [1.807, 2.05) is 20.8 Å². The maximum atomic E-state index is 11.4. The Bertz CT molecular complexity index is 280. The number of aromatic amines is 1. The van der Waals surface area contributed by atoms with Crippen LogP contribution in [0.15, 0.2) is 12.4 Å². The number of rotatable bonds is 4. The van der Waals surface area contributed by atoms with Crippen LogP contribution in [0, 0.1) is 5.92 Å². The van der Waals surface area contributed by atoms with Gasteiger partial charge in [-0.05, 0) is 12.8 Å². The van der Waals surface area contributed by atoms with Crippen LogP contribution in [0.1, 0.15) is 39.1 Å². The highest BCUT2D eigenvalue weighted by atomic mass is 16.1. The summed E-state index contributed by atoms with van der Waals surface area (Å²) >= 11 is 0. The van der Waals surface area contributed by atoms with Crippen molar-refractivity contribution in [2.75, 3.05) is 0 Å². The standard InChI is InChI=1S/C10H17N3O/c1-7(2)6-9(14)13-8(3)10-11-4-5-12-10/h4-5,7-8H,6H2,1-3H3,(H,11,12)(H,13,14). The molecular formula is C10H17N3O. The summed E-state index contributed by atoms with van der Waals surface area (Å²) in [6, 6.07) is -0.0451. The van der Waals surface area contributed by atoms with Gasteiger partial charge in [0.2, 0.25) is 5.91 Å². The average molecular weight is 195 g/mol. The van der Waals surface area contributed by atoms with Crippen LogP contribution < -0.4 is 5.32 Å². The van der Waals surface area contributed by atoms with E-state index >= 15 is 0 Å². The van der Waals surface area contributed by atoms with Gasteiger partial charge in [-0.3, -0.25) is 4.79 Å². The van der Waals surface area contributed by atoms with Crippen molar-refractivity contribution in [1.82, 2.24) is 15.3 Å². The largest absolute Gasteiger partial charge is 0.347 e. The van der Waals surface area contributed by atoms with E-state index in [1.54, 1.807) is 12.4 Å². The second kappa shape index (κ2) is 4.79. The van der Waals surface area contributed by atoms with Crippen molar-refractivity contribution in [2.45, 2.75) is 33.2 Å². The summed E-state index contributed by atoms with van der Waals surface area (Å²) in [7, 11) is 0. The molecule has 1 unspecified atom stereocenters. The monoisotopic (exact) mass is 195 g/mol. The molecule has 0 aliphatic rings. The lowest BCUT2D eigenvalue weighted by Crippen LogP contribution is -2.28. The minimum atomic E-state index is -0.0451. The molecule has 1 atom stereocenters. The van der Waals surface area contributed by atoms with Crippen LogP contribution in [0.4, 0.5) is 0 Å². The van der Waals surface area contributed by atoms with Crippen LogP contribution >= 0.6 is 0 Å². The molecule has 0 spiro atoms. The quantitative estimate of drug-likeness (QED) is 0.767. The minimum absolute atomic E-state index is 0.0451. The molecule has 4 nitrogen and oxygen atoms in total. The van der Waals surface area contributed by atoms with Gasteiger partial charge in [0.15, 0.2) is 0 Å². The number of hydrogen-bond donors (Lipinski definition) is 2. The van der Waals surface area contributed by atoms with E-state index in [9.17, 15) is 4.79 Å². The van der Waals surface area contributed by atoms with E-state index in [4.69, 9.17) is 0 Å². The molecule has 0 radical (unpaired) electrons. The summed E-state index contributed by atoms with van der Waals surface area (Å²) in [5.74, 6) is 1.25. The van der Waals surface area contributed by atoms with Crippen molar-refractivity contribution in [3.63, 3.8) is 0 Å². The maximum Gasteiger partial charge on any atom is 0.220 e. The van der Waals surface area contributed by atoms with E-state index in [-0.39, 0.29) is 11.9 Å². The van der Waals surface area contributed by atoms with Crippen LogP contribution in [0.5, 0.6) is 0 Å². The predicted molar refractivity (Wildman–Crippen MR) is 54.6 cm³/mol. The lowest BCUT2D eigenvalue weighted by atomic mass is 10.1. The van der Waals surface area contributed by atoms with E-state index in [1.165, 1.54) is 0 Å². The molecule has 4 heteroatoms. The van der Waals surface area contributed by atoms with Gasteiger partial charge >= 0.3 is 0 Å². The third-order valence-electron chi connectivity index (χ3n) is 1.90. The smallest absolute Gasteiger partial charge is 0.220 e. The van der Waals surface area contributed by atoms with E-state index in [2.05, 4.69) is 15.3 Å². The lowest BCUT2D eigenvalue weighted by Gasteiger charge is -2.12. The molecular weight excluding hydrogens is 178 g/mol. The fourth-order valence-corrected chi connectivity index (χ4v) is 1.25. The van der Waals surface area contributed by atoms with Crippen LogP contribution in [0.2, 0.25) is 0 Å². The number of aromatic nitrogens is 2. The van der Waals surface area contributed by atoms with Crippen molar-refractivity contribution < 1.29 is 4.79 Å². The first-order chi connectivity index (χ1) is 6.59. The van der Waals surface area contributed by atoms with E-state index in [0.717, 1.165) is 5.82 Å². The molecule has 0 saturated heterocycles. The molecule has 1 aromatic heterocycles. The van der Waals surface area contributed by atoms with E-state index in [0.29, 0.717) is 12.3 Å². The van der Waals surface area contributed by atoms with Gasteiger partial charge in [-0.1, -0.05) is 13.8 Å². The predicted octanol–water partition coefficient (Wildman–Crippen LogP) is 1.63. The number of hydrogen-bond acceptors (Lipinski definition) is 2. The second-order valence-electron chi connectivity index (χ2n) is 3.86. The fourth-order valence-electron chi connectivity index (χ4n) is 1.25. The molecule has 1 aromatic rings. The Morgan fingerprint density at radius 1 is 1.57 bits per heavy atom. The Balaban J connectivity index is 2.41. The highest BCUT2D eigenvalue weighted by molar-refractivity contribution is 5.76. The molecule has 0 saturated carbocycles. The molecule has 0 aliphatic carbocycles. The molecule has 2 N–H and O–H groups in total. The maximum absolute atomic E-state index is 11.4. The number of carbonyl (C=O) groups excluding carboxylic acids is 1. The highest BCUT2D eigenvalue weighted by Crippen LogP contribution is 2.07. The first kappa shape index (κ1) is 10.8. The molecule has 0 aliphatic heterocycles. The van der Waals surface area contributed by atoms with Gasteiger partial charge in [-0.2, -0.15) is 0 Å². The van der Waals surface area contributed by atoms with Crippen LogP contribution in [0.3, 0.4) is 0 Å². The van der Waals surface area contributed by atoms with E-state index < -0.39 is 0 Å². The van der Waals surface area contributed by atoms with Crippen LogP contribution in [0.25, 0.3) is 0 Å². The zero-order valence-corrected chi connectivity index (χ0v) is 8.87. The Morgan fingerprint density at radius 2 is 2.29 bits per heavy atom. The van der Waals surface area contributed by atoms with Gasteiger partial charge < -0.3 is 10.3 Å². The van der Waals surface area contributed by atoms with Crippen molar-refractivity contribution in [2.24, 2.45) is 5.92 Å². The van der Waals surface area contributed by atoms with Gasteiger partial charge in [-0.25, -0.2) is 4.98 Å². The summed E-state index contributed by atoms with van der Waals surface area (Å²) < 4.78 is 0. The number of carbonyl (C=O) groups is 1. The molecule has 0 fully saturated rings. The Kier molecular flexibility index (Phi) is 3.68. The highest BCUT2D eigenvalue weighted by Gasteiger charge is 2.11. The number of imidazole rings is 1. The SMILES string of the molecule is CC(C)CC(=O)NC(C)c1ncc[nH]1. The van der Waals surface area contributed by atoms with Crippen molar-refractivity contribution in [3.8, 4) is 0 Å².